The average molecular weight is 506 g/mol. The lowest BCUT2D eigenvalue weighted by molar-refractivity contribution is -0.116. The van der Waals surface area contributed by atoms with Crippen molar-refractivity contribution in [2.75, 3.05) is 31.5 Å². The highest BCUT2D eigenvalue weighted by Crippen LogP contribution is 2.30. The molecule has 0 atom stereocenters. The van der Waals surface area contributed by atoms with Gasteiger partial charge in [0.2, 0.25) is 15.9 Å². The van der Waals surface area contributed by atoms with Gasteiger partial charge in [-0.1, -0.05) is 80.4 Å². The van der Waals surface area contributed by atoms with E-state index in [9.17, 15) is 13.2 Å². The van der Waals surface area contributed by atoms with Gasteiger partial charge in [-0.2, -0.15) is 4.31 Å². The number of rotatable bonds is 10. The predicted octanol–water partition coefficient (Wildman–Crippen LogP) is 5.30. The van der Waals surface area contributed by atoms with Gasteiger partial charge in [0.05, 0.1) is 10.9 Å². The minimum atomic E-state index is -3.61. The number of hydrogen-bond acceptors (Lipinski definition) is 4. The van der Waals surface area contributed by atoms with E-state index >= 15 is 0 Å². The molecule has 0 radical (unpaired) electrons. The summed E-state index contributed by atoms with van der Waals surface area (Å²) in [6.45, 7) is 4.23. The Labute approximate surface area is 215 Å². The molecule has 1 heterocycles. The molecule has 1 N–H and O–H groups in total. The van der Waals surface area contributed by atoms with Gasteiger partial charge in [0.1, 0.15) is 0 Å². The number of amides is 1. The van der Waals surface area contributed by atoms with Gasteiger partial charge in [0, 0.05) is 38.3 Å². The van der Waals surface area contributed by atoms with Crippen molar-refractivity contribution in [3.63, 3.8) is 0 Å². The molecule has 0 bridgehead atoms. The van der Waals surface area contributed by atoms with Crippen LogP contribution in [0.3, 0.4) is 0 Å². The molecule has 0 aromatic heterocycles. The minimum absolute atomic E-state index is 0.0402. The van der Waals surface area contributed by atoms with Crippen LogP contribution >= 0.6 is 0 Å². The van der Waals surface area contributed by atoms with Crippen molar-refractivity contribution < 1.29 is 13.2 Å². The summed E-state index contributed by atoms with van der Waals surface area (Å²) in [6.07, 6.45) is 3.42. The summed E-state index contributed by atoms with van der Waals surface area (Å²) in [7, 11) is -3.61. The van der Waals surface area contributed by atoms with E-state index in [4.69, 9.17) is 0 Å². The third-order valence-corrected chi connectivity index (χ3v) is 8.57. The first-order valence-electron chi connectivity index (χ1n) is 12.7. The summed E-state index contributed by atoms with van der Waals surface area (Å²) in [5.74, 6) is -0.0402. The third kappa shape index (κ3) is 6.40. The third-order valence-electron chi connectivity index (χ3n) is 6.65. The van der Waals surface area contributed by atoms with Crippen LogP contribution in [0.4, 0.5) is 5.69 Å². The molecule has 36 heavy (non-hydrogen) atoms. The summed E-state index contributed by atoms with van der Waals surface area (Å²) in [5, 5.41) is 2.85. The monoisotopic (exact) mass is 505 g/mol. The largest absolute Gasteiger partial charge is 0.326 e. The zero-order valence-corrected chi connectivity index (χ0v) is 21.7. The van der Waals surface area contributed by atoms with Gasteiger partial charge < -0.3 is 5.32 Å². The number of nitrogens with zero attached hydrogens (tertiary/aromatic N) is 2. The summed E-state index contributed by atoms with van der Waals surface area (Å²) in [5.41, 5.74) is 3.02. The van der Waals surface area contributed by atoms with E-state index in [2.05, 4.69) is 41.4 Å². The molecule has 1 saturated heterocycles. The second-order valence-corrected chi connectivity index (χ2v) is 11.1. The van der Waals surface area contributed by atoms with E-state index in [0.29, 0.717) is 38.3 Å². The lowest BCUT2D eigenvalue weighted by Gasteiger charge is -2.39. The molecular weight excluding hydrogens is 470 g/mol. The Morgan fingerprint density at radius 2 is 1.36 bits per heavy atom. The quantitative estimate of drug-likeness (QED) is 0.380. The first-order chi connectivity index (χ1) is 17.5. The van der Waals surface area contributed by atoms with Crippen molar-refractivity contribution in [3.05, 3.63) is 96.1 Å². The van der Waals surface area contributed by atoms with Crippen molar-refractivity contribution in [2.24, 2.45) is 0 Å². The van der Waals surface area contributed by atoms with Crippen LogP contribution in [0.2, 0.25) is 0 Å². The number of hydrogen-bond donors (Lipinski definition) is 1. The molecule has 0 saturated carbocycles. The maximum atomic E-state index is 13.3. The molecule has 1 amide bonds. The molecular formula is C29H35N3O3S. The zero-order chi connectivity index (χ0) is 25.4. The van der Waals surface area contributed by atoms with Crippen molar-refractivity contribution in [3.8, 4) is 0 Å². The van der Waals surface area contributed by atoms with Crippen LogP contribution in [0.1, 0.15) is 49.8 Å². The van der Waals surface area contributed by atoms with E-state index in [0.717, 1.165) is 19.3 Å². The summed E-state index contributed by atoms with van der Waals surface area (Å²) < 4.78 is 28.2. The fourth-order valence-corrected chi connectivity index (χ4v) is 6.13. The lowest BCUT2D eigenvalue weighted by Crippen LogP contribution is -2.49. The van der Waals surface area contributed by atoms with Crippen molar-refractivity contribution in [1.29, 1.82) is 0 Å². The van der Waals surface area contributed by atoms with Crippen LogP contribution in [0, 0.1) is 0 Å². The average Bonchev–Trinajstić information content (AvgIpc) is 2.91. The Morgan fingerprint density at radius 1 is 0.806 bits per heavy atom. The highest BCUT2D eigenvalue weighted by atomic mass is 32.2. The van der Waals surface area contributed by atoms with Gasteiger partial charge in [0.15, 0.2) is 0 Å². The van der Waals surface area contributed by atoms with Crippen molar-refractivity contribution >= 4 is 21.6 Å². The molecule has 3 aromatic carbocycles. The van der Waals surface area contributed by atoms with E-state index in [1.807, 2.05) is 36.4 Å². The molecule has 6 nitrogen and oxygen atoms in total. The number of carbonyl (C=O) groups is 1. The number of unbranched alkanes of at least 4 members (excludes halogenated alkanes) is 2. The Hall–Kier alpha value is -3.00. The normalized spacial score (nSPS) is 15.2. The van der Waals surface area contributed by atoms with Gasteiger partial charge in [-0.15, -0.1) is 0 Å². The first kappa shape index (κ1) is 26.1. The smallest absolute Gasteiger partial charge is 0.243 e. The molecule has 4 rings (SSSR count). The fraction of sp³-hybridized carbons (Fsp3) is 0.345. The Balaban J connectivity index is 1.41. The highest BCUT2D eigenvalue weighted by Gasteiger charge is 2.32. The molecule has 1 fully saturated rings. The van der Waals surface area contributed by atoms with E-state index < -0.39 is 10.0 Å². The van der Waals surface area contributed by atoms with Gasteiger partial charge in [0.25, 0.3) is 0 Å². The maximum absolute atomic E-state index is 13.3. The topological polar surface area (TPSA) is 69.7 Å². The summed E-state index contributed by atoms with van der Waals surface area (Å²) >= 11 is 0. The number of benzene rings is 3. The van der Waals surface area contributed by atoms with Crippen LogP contribution in [-0.2, 0) is 14.8 Å². The minimum Gasteiger partial charge on any atom is -0.326 e. The van der Waals surface area contributed by atoms with Gasteiger partial charge in [-0.25, -0.2) is 8.42 Å². The summed E-state index contributed by atoms with van der Waals surface area (Å²) in [6, 6.07) is 27.3. The second kappa shape index (κ2) is 12.3. The predicted molar refractivity (Wildman–Crippen MR) is 144 cm³/mol. The Kier molecular flexibility index (Phi) is 8.91. The number of piperazine rings is 1. The lowest BCUT2D eigenvalue weighted by atomic mass is 9.96. The molecule has 1 aliphatic rings. The SMILES string of the molecule is CCCCCC(=O)Nc1ccc(S(=O)(=O)N2CCN(C(c3ccccc3)c3ccccc3)CC2)cc1. The Bertz CT molecular complexity index is 1170. The van der Waals surface area contributed by atoms with E-state index in [-0.39, 0.29) is 16.8 Å². The van der Waals surface area contributed by atoms with Gasteiger partial charge in [-0.3, -0.25) is 9.69 Å². The molecule has 0 unspecified atom stereocenters. The van der Waals surface area contributed by atoms with Crippen LogP contribution in [-0.4, -0.2) is 49.7 Å². The van der Waals surface area contributed by atoms with Crippen LogP contribution in [0.25, 0.3) is 0 Å². The number of sulfonamides is 1. The van der Waals surface area contributed by atoms with E-state index in [1.54, 1.807) is 28.6 Å². The number of anilines is 1. The van der Waals surface area contributed by atoms with Crippen molar-refractivity contribution in [1.82, 2.24) is 9.21 Å². The first-order valence-corrected chi connectivity index (χ1v) is 14.2. The zero-order valence-electron chi connectivity index (χ0n) is 20.8. The molecule has 0 spiro atoms. The standard InChI is InChI=1S/C29H35N3O3S/c1-2-3-6-15-28(33)30-26-16-18-27(19-17-26)36(34,35)32-22-20-31(21-23-32)29(24-11-7-4-8-12-24)25-13-9-5-10-14-25/h4-5,7-14,16-19,29H,2-3,6,15,20-23H2,1H3,(H,30,33). The van der Waals surface area contributed by atoms with Crippen LogP contribution < -0.4 is 5.32 Å². The summed E-state index contributed by atoms with van der Waals surface area (Å²) in [4.78, 5) is 14.7. The number of nitrogens with one attached hydrogen (secondary N) is 1. The van der Waals surface area contributed by atoms with Crippen LogP contribution in [0.15, 0.2) is 89.8 Å². The maximum Gasteiger partial charge on any atom is 0.243 e. The van der Waals surface area contributed by atoms with Crippen LogP contribution in [0.5, 0.6) is 0 Å². The Morgan fingerprint density at radius 3 is 1.89 bits per heavy atom. The van der Waals surface area contributed by atoms with Gasteiger partial charge in [-0.05, 0) is 41.8 Å². The van der Waals surface area contributed by atoms with Gasteiger partial charge >= 0.3 is 0 Å². The molecule has 0 aliphatic carbocycles. The van der Waals surface area contributed by atoms with Crippen molar-refractivity contribution in [2.45, 2.75) is 43.5 Å². The highest BCUT2D eigenvalue weighted by molar-refractivity contribution is 7.89. The molecule has 7 heteroatoms. The molecule has 1 aliphatic heterocycles. The number of carbonyl (C=O) groups excluding carboxylic acids is 1. The molecule has 190 valence electrons. The fourth-order valence-electron chi connectivity index (χ4n) is 4.71. The molecule has 3 aromatic rings. The van der Waals surface area contributed by atoms with E-state index in [1.165, 1.54) is 11.1 Å². The second-order valence-electron chi connectivity index (χ2n) is 9.19.